The van der Waals surface area contributed by atoms with Crippen LogP contribution in [0.4, 0.5) is 13.2 Å². The number of morpholine rings is 2. The molecule has 0 aromatic rings. The van der Waals surface area contributed by atoms with Crippen LogP contribution in [0.25, 0.3) is 0 Å². The summed E-state index contributed by atoms with van der Waals surface area (Å²) in [5.41, 5.74) is 0. The van der Waals surface area contributed by atoms with Gasteiger partial charge in [-0.3, -0.25) is 14.6 Å². The fourth-order valence-electron chi connectivity index (χ4n) is 2.14. The van der Waals surface area contributed by atoms with Crippen LogP contribution < -0.4 is 0 Å². The number of carboxylic acid groups (broad SMARTS) is 1. The van der Waals surface area contributed by atoms with Crippen LogP contribution in [-0.4, -0.2) is 143 Å². The zero-order chi connectivity index (χ0) is 21.4. The van der Waals surface area contributed by atoms with Crippen LogP contribution in [0.2, 0.25) is 0 Å². The molecule has 0 aliphatic carbocycles. The Morgan fingerprint density at radius 2 is 1.34 bits per heavy atom. The van der Waals surface area contributed by atoms with Gasteiger partial charge < -0.3 is 24.4 Å². The number of carbonyl (C=O) groups excluding carboxylic acids is 1. The standard InChI is InChI=1S/C8H12F3NO3.C6H13NO2.C2H4O2.In.4H/c9-8(10,11)7(13)15-6-3-12-1-4-14-5-2-12;8-4-1-7-2-5-9-6-3-7;1-2(3)4;;;;;/h1-6H2;8H,1-6H2;1H3,(H,3,4);;;;;/q;;;-1;;;;. The third-order valence-electron chi connectivity index (χ3n) is 3.50. The first-order valence-electron chi connectivity index (χ1n) is 8.81. The first-order chi connectivity index (χ1) is 13.2. The quantitative estimate of drug-likeness (QED) is 0.400. The Morgan fingerprint density at radius 1 is 0.966 bits per heavy atom. The van der Waals surface area contributed by atoms with E-state index in [1.807, 2.05) is 4.90 Å². The van der Waals surface area contributed by atoms with Crippen molar-refractivity contribution in [2.24, 2.45) is 0 Å². The molecule has 0 saturated carbocycles. The summed E-state index contributed by atoms with van der Waals surface area (Å²) in [6.07, 6.45) is -4.90. The van der Waals surface area contributed by atoms with Gasteiger partial charge in [-0.2, -0.15) is 13.2 Å². The molecular formula is C16H33F3InN2O7-. The van der Waals surface area contributed by atoms with Crippen molar-refractivity contribution >= 4 is 37.8 Å². The number of ether oxygens (including phenoxy) is 3. The molecule has 2 aliphatic rings. The number of hydrogen-bond acceptors (Lipinski definition) is 8. The van der Waals surface area contributed by atoms with Crippen LogP contribution in [0.1, 0.15) is 6.92 Å². The zero-order valence-electron chi connectivity index (χ0n) is 15.9. The van der Waals surface area contributed by atoms with Gasteiger partial charge in [0.1, 0.15) is 6.61 Å². The molecule has 0 aromatic carbocycles. The molecule has 0 atom stereocenters. The molecule has 2 aliphatic heterocycles. The number of carboxylic acids is 1. The number of halogens is 3. The Hall–Kier alpha value is -0.600. The number of alkyl halides is 3. The number of rotatable bonds is 5. The molecule has 13 heteroatoms. The number of hydrogen-bond donors (Lipinski definition) is 2. The summed E-state index contributed by atoms with van der Waals surface area (Å²) in [5.74, 6) is -2.96. The Bertz CT molecular complexity index is 426. The summed E-state index contributed by atoms with van der Waals surface area (Å²) in [5, 5.41) is 16.0. The molecule has 2 fully saturated rings. The van der Waals surface area contributed by atoms with E-state index in [1.54, 1.807) is 0 Å². The zero-order valence-corrected chi connectivity index (χ0v) is 15.9. The maximum absolute atomic E-state index is 11.7. The Morgan fingerprint density at radius 3 is 1.69 bits per heavy atom. The first-order valence-corrected chi connectivity index (χ1v) is 8.81. The molecule has 2 N–H and O–H groups in total. The molecule has 0 bridgehead atoms. The molecule has 0 spiro atoms. The minimum absolute atomic E-state index is 0. The van der Waals surface area contributed by atoms with E-state index in [0.29, 0.717) is 32.8 Å². The van der Waals surface area contributed by atoms with Gasteiger partial charge in [0, 0.05) is 46.2 Å². The Balaban J connectivity index is 0. The summed E-state index contributed by atoms with van der Waals surface area (Å²) < 4.78 is 49.4. The van der Waals surface area contributed by atoms with Gasteiger partial charge in [-0.15, -0.1) is 0 Å². The second kappa shape index (κ2) is 18.2. The van der Waals surface area contributed by atoms with Crippen LogP contribution in [0.3, 0.4) is 0 Å². The van der Waals surface area contributed by atoms with Gasteiger partial charge in [-0.05, 0) is 0 Å². The predicted octanol–water partition coefficient (Wildman–Crippen LogP) is -1.63. The summed E-state index contributed by atoms with van der Waals surface area (Å²) in [6.45, 7) is 8.24. The number of carbonyl (C=O) groups is 2. The second-order valence-electron chi connectivity index (χ2n) is 5.78. The number of esters is 1. The van der Waals surface area contributed by atoms with Crippen LogP contribution in [0, 0.1) is 0 Å². The van der Waals surface area contributed by atoms with Crippen LogP contribution in [-0.2, 0) is 23.8 Å². The van der Waals surface area contributed by atoms with Crippen LogP contribution in [0.5, 0.6) is 0 Å². The van der Waals surface area contributed by atoms with Crippen molar-refractivity contribution in [2.75, 3.05) is 78.9 Å². The van der Waals surface area contributed by atoms with E-state index < -0.39 is 18.1 Å². The van der Waals surface area contributed by atoms with Gasteiger partial charge in [0.25, 0.3) is 5.97 Å². The van der Waals surface area contributed by atoms with Crippen molar-refractivity contribution < 1.29 is 47.2 Å². The van der Waals surface area contributed by atoms with Gasteiger partial charge >= 0.3 is 38.0 Å². The third kappa shape index (κ3) is 19.1. The molecular weight excluding hydrogens is 504 g/mol. The number of aliphatic hydroxyl groups is 1. The van der Waals surface area contributed by atoms with E-state index in [4.69, 9.17) is 24.5 Å². The Kier molecular flexibility index (Phi) is 19.2. The molecule has 2 rings (SSSR count). The van der Waals surface area contributed by atoms with E-state index in [-0.39, 0.29) is 39.1 Å². The van der Waals surface area contributed by atoms with Crippen LogP contribution in [0.15, 0.2) is 0 Å². The maximum atomic E-state index is 11.7. The van der Waals surface area contributed by atoms with Crippen molar-refractivity contribution in [1.29, 1.82) is 0 Å². The van der Waals surface area contributed by atoms with Crippen molar-refractivity contribution in [2.45, 2.75) is 13.1 Å². The van der Waals surface area contributed by atoms with Crippen molar-refractivity contribution in [1.82, 2.24) is 9.80 Å². The summed E-state index contributed by atoms with van der Waals surface area (Å²) in [6, 6.07) is 0. The van der Waals surface area contributed by atoms with Crippen molar-refractivity contribution in [3.63, 3.8) is 0 Å². The number of β-amino-alcohol motifs (C(OH)–C–C–N with tert-alkyl or cyclic N) is 1. The summed E-state index contributed by atoms with van der Waals surface area (Å²) >= 11 is 0. The van der Waals surface area contributed by atoms with Gasteiger partial charge in [0.15, 0.2) is 0 Å². The number of nitrogens with zero attached hydrogens (tertiary/aromatic N) is 2. The number of aliphatic carboxylic acids is 1. The monoisotopic (exact) mass is 537 g/mol. The fraction of sp³-hybridized carbons (Fsp3) is 0.875. The molecule has 0 amide bonds. The van der Waals surface area contributed by atoms with E-state index in [9.17, 15) is 18.0 Å². The molecule has 0 radical (unpaired) electrons. The summed E-state index contributed by atoms with van der Waals surface area (Å²) in [4.78, 5) is 23.4. The molecule has 2 saturated heterocycles. The second-order valence-corrected chi connectivity index (χ2v) is 5.78. The minimum atomic E-state index is -4.90. The van der Waals surface area contributed by atoms with E-state index in [2.05, 4.69) is 9.64 Å². The van der Waals surface area contributed by atoms with Crippen molar-refractivity contribution in [3.05, 3.63) is 0 Å². The van der Waals surface area contributed by atoms with Gasteiger partial charge in [-0.25, -0.2) is 4.79 Å². The molecule has 9 nitrogen and oxygen atoms in total. The average molecular weight is 537 g/mol. The van der Waals surface area contributed by atoms with Crippen LogP contribution >= 0.6 is 0 Å². The predicted molar refractivity (Wildman–Crippen MR) is 103 cm³/mol. The molecule has 0 unspecified atom stereocenters. The third-order valence-corrected chi connectivity index (χ3v) is 3.50. The van der Waals surface area contributed by atoms with Gasteiger partial charge in [0.05, 0.1) is 33.0 Å². The van der Waals surface area contributed by atoms with E-state index in [0.717, 1.165) is 39.8 Å². The molecule has 2 heterocycles. The SMILES string of the molecule is CC(=O)O.O=C(OCCN1CCOCC1)C(F)(F)F.OCCN1CCOCC1.[InH4-]. The summed E-state index contributed by atoms with van der Waals surface area (Å²) in [7, 11) is 0. The first kappa shape index (κ1) is 30.6. The fourth-order valence-corrected chi connectivity index (χ4v) is 2.14. The molecule has 29 heavy (non-hydrogen) atoms. The normalized spacial score (nSPS) is 17.6. The Labute approximate surface area is 186 Å². The van der Waals surface area contributed by atoms with Gasteiger partial charge in [-0.1, -0.05) is 0 Å². The average Bonchev–Trinajstić information content (AvgIpc) is 2.63. The van der Waals surface area contributed by atoms with Crippen molar-refractivity contribution in [3.8, 4) is 0 Å². The molecule has 0 aromatic heterocycles. The molecule has 174 valence electrons. The van der Waals surface area contributed by atoms with E-state index in [1.165, 1.54) is 0 Å². The topological polar surface area (TPSA) is 109 Å². The van der Waals surface area contributed by atoms with Gasteiger partial charge in [0.2, 0.25) is 0 Å². The van der Waals surface area contributed by atoms with E-state index >= 15 is 0 Å². The number of aliphatic hydroxyl groups excluding tert-OH is 1.